The van der Waals surface area contributed by atoms with E-state index in [2.05, 4.69) is 59.5 Å². The van der Waals surface area contributed by atoms with Crippen LogP contribution in [0, 0.1) is 6.92 Å². The van der Waals surface area contributed by atoms with E-state index in [-0.39, 0.29) is 36.5 Å². The number of rotatable bonds is 14. The summed E-state index contributed by atoms with van der Waals surface area (Å²) in [5.74, 6) is 0.0209. The van der Waals surface area contributed by atoms with Gasteiger partial charge in [-0.15, -0.1) is 0 Å². The van der Waals surface area contributed by atoms with E-state index in [1.165, 1.54) is 5.56 Å². The molecule has 3 N–H and O–H groups in total. The molecule has 0 aliphatic carbocycles. The van der Waals surface area contributed by atoms with Crippen molar-refractivity contribution in [3.63, 3.8) is 0 Å². The Morgan fingerprint density at radius 3 is 2.41 bits per heavy atom. The van der Waals surface area contributed by atoms with Crippen molar-refractivity contribution < 1.29 is 23.9 Å². The fourth-order valence-corrected chi connectivity index (χ4v) is 8.32. The molecule has 3 aromatic carbocycles. The van der Waals surface area contributed by atoms with E-state index < -0.39 is 5.91 Å². The number of primary amides is 1. The molecule has 2 aliphatic rings. The summed E-state index contributed by atoms with van der Waals surface area (Å²) in [5, 5.41) is 9.47. The van der Waals surface area contributed by atoms with Crippen LogP contribution in [0.4, 0.5) is 5.69 Å². The molecule has 0 spiro atoms. The van der Waals surface area contributed by atoms with Crippen LogP contribution < -0.4 is 15.8 Å². The van der Waals surface area contributed by atoms with Crippen LogP contribution in [0.25, 0.3) is 22.2 Å². The third kappa shape index (κ3) is 9.42. The monoisotopic (exact) mass is 800 g/mol. The average Bonchev–Trinajstić information content (AvgIpc) is 3.67. The molecule has 5 aromatic rings. The quantitative estimate of drug-likeness (QED) is 0.134. The van der Waals surface area contributed by atoms with E-state index in [0.717, 1.165) is 102 Å². The van der Waals surface area contributed by atoms with Crippen LogP contribution in [0.3, 0.4) is 0 Å². The largest absolute Gasteiger partial charge is 0.496 e. The van der Waals surface area contributed by atoms with Crippen LogP contribution >= 0.6 is 0 Å². The van der Waals surface area contributed by atoms with Crippen molar-refractivity contribution in [3.05, 3.63) is 106 Å². The molecule has 2 saturated heterocycles. The van der Waals surface area contributed by atoms with Gasteiger partial charge in [0.2, 0.25) is 11.8 Å². The lowest BCUT2D eigenvalue weighted by Crippen LogP contribution is -2.47. The molecule has 3 amide bonds. The summed E-state index contributed by atoms with van der Waals surface area (Å²) in [4.78, 5) is 50.5. The highest BCUT2D eigenvalue weighted by Gasteiger charge is 2.27. The number of carbonyl (C=O) groups is 3. The van der Waals surface area contributed by atoms with Crippen LogP contribution in [-0.2, 0) is 42.1 Å². The van der Waals surface area contributed by atoms with Gasteiger partial charge in [-0.05, 0) is 91.8 Å². The molecule has 2 aromatic heterocycles. The maximum atomic E-state index is 14.9. The second kappa shape index (κ2) is 18.4. The highest BCUT2D eigenvalue weighted by molar-refractivity contribution is 6.00. The number of methoxy groups -OCH3 is 1. The lowest BCUT2D eigenvalue weighted by Gasteiger charge is -2.34. The normalized spacial score (nSPS) is 15.0. The second-order valence-electron chi connectivity index (χ2n) is 15.6. The molecule has 0 radical (unpaired) electrons. The number of nitrogens with two attached hydrogens (primary N) is 1. The minimum atomic E-state index is -0.589. The zero-order valence-electron chi connectivity index (χ0n) is 34.9. The van der Waals surface area contributed by atoms with Crippen molar-refractivity contribution in [2.45, 2.75) is 79.2 Å². The van der Waals surface area contributed by atoms with E-state index >= 15 is 0 Å². The molecule has 0 saturated carbocycles. The van der Waals surface area contributed by atoms with Crippen LogP contribution in [0.2, 0.25) is 0 Å². The molecule has 59 heavy (non-hydrogen) atoms. The van der Waals surface area contributed by atoms with Gasteiger partial charge in [-0.3, -0.25) is 19.3 Å². The van der Waals surface area contributed by atoms with Gasteiger partial charge in [0.05, 0.1) is 30.9 Å². The molecule has 2 fully saturated rings. The molecule has 7 rings (SSSR count). The zero-order valence-corrected chi connectivity index (χ0v) is 34.9. The summed E-state index contributed by atoms with van der Waals surface area (Å²) in [6.45, 7) is 14.1. The van der Waals surface area contributed by atoms with Crippen LogP contribution in [0.1, 0.15) is 82.3 Å². The van der Waals surface area contributed by atoms with Gasteiger partial charge in [0.25, 0.3) is 5.91 Å². The number of aromatic nitrogens is 3. The Labute approximate surface area is 346 Å². The molecule has 4 heterocycles. The Morgan fingerprint density at radius 1 is 0.949 bits per heavy atom. The van der Waals surface area contributed by atoms with Gasteiger partial charge in [0.1, 0.15) is 5.75 Å². The first-order valence-corrected chi connectivity index (χ1v) is 20.7. The number of nitrogens with zero attached hydrogens (tertiary/aromatic N) is 6. The van der Waals surface area contributed by atoms with E-state index in [4.69, 9.17) is 20.2 Å². The molecule has 13 nitrogen and oxygen atoms in total. The van der Waals surface area contributed by atoms with E-state index in [9.17, 15) is 14.4 Å². The second-order valence-corrected chi connectivity index (χ2v) is 15.6. The summed E-state index contributed by atoms with van der Waals surface area (Å²) < 4.78 is 13.5. The van der Waals surface area contributed by atoms with E-state index in [0.29, 0.717) is 31.7 Å². The number of piperazine rings is 1. The van der Waals surface area contributed by atoms with Gasteiger partial charge in [-0.1, -0.05) is 31.2 Å². The summed E-state index contributed by atoms with van der Waals surface area (Å²) in [5.41, 5.74) is 14.7. The minimum absolute atomic E-state index is 0.118. The number of anilines is 1. The summed E-state index contributed by atoms with van der Waals surface area (Å²) in [6.07, 6.45) is 4.25. The predicted molar refractivity (Wildman–Crippen MR) is 229 cm³/mol. The molecule has 310 valence electrons. The van der Waals surface area contributed by atoms with Crippen molar-refractivity contribution in [1.82, 2.24) is 29.5 Å². The van der Waals surface area contributed by atoms with Gasteiger partial charge in [0.15, 0.2) is 5.65 Å². The standard InChI is InChI=1S/C46H56N8O5/c1-6-41-40(43(49-37-13-19-59-20-14-37)39-26-48-54(7-2)45(39)50-41)29-53(46(57)36-22-30(3)21-35(25-36)44(47)56)28-33-11-12-42(58-5)38(24-33)34-10-8-9-32(23-34)27-51-15-17-52(18-16-51)31(4)55/h8-12,21-26,37H,6-7,13-20,27-29H2,1-5H3,(H2,47,56)(H,49,50). The number of carbonyl (C=O) groups excluding carboxylic acids is 3. The number of amides is 3. The summed E-state index contributed by atoms with van der Waals surface area (Å²) >= 11 is 0. The van der Waals surface area contributed by atoms with Crippen molar-refractivity contribution in [2.24, 2.45) is 5.73 Å². The Kier molecular flexibility index (Phi) is 12.9. The smallest absolute Gasteiger partial charge is 0.254 e. The first kappa shape index (κ1) is 41.4. The number of aryl methyl sites for hydroxylation is 3. The summed E-state index contributed by atoms with van der Waals surface area (Å²) in [6, 6.07) is 19.8. The zero-order chi connectivity index (χ0) is 41.6. The highest BCUT2D eigenvalue weighted by Crippen LogP contribution is 2.35. The molecule has 0 bridgehead atoms. The first-order valence-electron chi connectivity index (χ1n) is 20.7. The third-order valence-corrected chi connectivity index (χ3v) is 11.5. The van der Waals surface area contributed by atoms with Crippen LogP contribution in [0.5, 0.6) is 5.75 Å². The number of fused-ring (bicyclic) bond motifs is 1. The number of ether oxygens (including phenoxy) is 2. The molecular weight excluding hydrogens is 745 g/mol. The molecule has 0 atom stereocenters. The Bertz CT molecular complexity index is 2330. The van der Waals surface area contributed by atoms with Gasteiger partial charge in [-0.25, -0.2) is 9.67 Å². The number of benzene rings is 3. The lowest BCUT2D eigenvalue weighted by atomic mass is 9.98. The van der Waals surface area contributed by atoms with E-state index in [1.54, 1.807) is 32.2 Å². The fraction of sp³-hybridized carbons (Fsp3) is 0.413. The topological polar surface area (TPSA) is 148 Å². The number of hydrogen-bond donors (Lipinski definition) is 2. The predicted octanol–water partition coefficient (Wildman–Crippen LogP) is 6.19. The number of nitrogens with one attached hydrogen (secondary N) is 1. The maximum Gasteiger partial charge on any atom is 0.254 e. The van der Waals surface area contributed by atoms with Crippen molar-refractivity contribution >= 4 is 34.4 Å². The van der Waals surface area contributed by atoms with Crippen LogP contribution in [-0.4, -0.2) is 99.7 Å². The van der Waals surface area contributed by atoms with Crippen molar-refractivity contribution in [2.75, 3.05) is 51.8 Å². The van der Waals surface area contributed by atoms with Crippen molar-refractivity contribution in [3.8, 4) is 16.9 Å². The van der Waals surface area contributed by atoms with Gasteiger partial charge < -0.3 is 30.3 Å². The summed E-state index contributed by atoms with van der Waals surface area (Å²) in [7, 11) is 1.67. The Hall–Kier alpha value is -5.79. The van der Waals surface area contributed by atoms with Crippen LogP contribution in [0.15, 0.2) is 66.9 Å². The Balaban J connectivity index is 1.27. The minimum Gasteiger partial charge on any atom is -0.496 e. The average molecular weight is 801 g/mol. The Morgan fingerprint density at radius 2 is 1.71 bits per heavy atom. The number of pyridine rings is 1. The maximum absolute atomic E-state index is 14.9. The highest BCUT2D eigenvalue weighted by atomic mass is 16.5. The van der Waals surface area contributed by atoms with Gasteiger partial charge >= 0.3 is 0 Å². The SMILES string of the molecule is CCc1nc2c(cnn2CC)c(NC2CCOCC2)c1CN(Cc1ccc(OC)c(-c2cccc(CN3CCN(C(C)=O)CC3)c2)c1)C(=O)c1cc(C)cc(C(N)=O)c1. The first-order chi connectivity index (χ1) is 28.5. The van der Waals surface area contributed by atoms with Crippen molar-refractivity contribution in [1.29, 1.82) is 0 Å². The molecule has 2 aliphatic heterocycles. The van der Waals surface area contributed by atoms with Gasteiger partial charge in [-0.2, -0.15) is 5.10 Å². The molecule has 13 heteroatoms. The lowest BCUT2D eigenvalue weighted by molar-refractivity contribution is -0.130. The molecule has 0 unspecified atom stereocenters. The third-order valence-electron chi connectivity index (χ3n) is 11.5. The van der Waals surface area contributed by atoms with Gasteiger partial charge in [0, 0.05) is 99.9 Å². The fourth-order valence-electron chi connectivity index (χ4n) is 8.32. The van der Waals surface area contributed by atoms with E-state index in [1.807, 2.05) is 39.7 Å². The molecular formula is C46H56N8O5. The number of hydrogen-bond acceptors (Lipinski definition) is 9.